The van der Waals surface area contributed by atoms with Crippen LogP contribution in [0, 0.1) is 29.2 Å². The minimum absolute atomic E-state index is 0.0577. The molecule has 0 heterocycles. The molecule has 0 bridgehead atoms. The molecule has 1 aliphatic rings. The minimum Gasteiger partial charge on any atom is -0.494 e. The second-order valence-corrected chi connectivity index (χ2v) is 8.10. The van der Waals surface area contributed by atoms with E-state index < -0.39 is 23.3 Å². The fourth-order valence-corrected chi connectivity index (χ4v) is 4.31. The maximum Gasteiger partial charge on any atom is 0.201 e. The van der Waals surface area contributed by atoms with Crippen LogP contribution < -0.4 is 4.74 Å². The number of hydrogen-bond donors (Lipinski definition) is 0. The Morgan fingerprint density at radius 1 is 0.758 bits per heavy atom. The maximum absolute atomic E-state index is 15.0. The van der Waals surface area contributed by atoms with Gasteiger partial charge in [-0.25, -0.2) is 13.2 Å². The first-order valence-electron chi connectivity index (χ1n) is 10.9. The van der Waals surface area contributed by atoms with Gasteiger partial charge < -0.3 is 4.74 Å². The fraction of sp³-hybridized carbons (Fsp3) is 0.214. The second-order valence-electron chi connectivity index (χ2n) is 8.10. The van der Waals surface area contributed by atoms with Crippen molar-refractivity contribution in [1.29, 1.82) is 0 Å². The highest BCUT2D eigenvalue weighted by atomic mass is 19.2. The monoisotopic (exact) mass is 452 g/mol. The van der Waals surface area contributed by atoms with Gasteiger partial charge in [0.15, 0.2) is 23.2 Å². The first-order chi connectivity index (χ1) is 15.9. The second kappa shape index (κ2) is 9.65. The topological polar surface area (TPSA) is 9.23 Å². The lowest BCUT2D eigenvalue weighted by Crippen LogP contribution is -2.05. The van der Waals surface area contributed by atoms with Crippen molar-refractivity contribution in [2.45, 2.75) is 26.2 Å². The average molecular weight is 452 g/mol. The Balaban J connectivity index is 1.62. The van der Waals surface area contributed by atoms with Crippen molar-refractivity contribution >= 4 is 5.57 Å². The van der Waals surface area contributed by atoms with E-state index in [1.54, 1.807) is 36.4 Å². The molecular weight excluding hydrogens is 428 g/mol. The molecule has 0 fully saturated rings. The number of methoxy groups -OCH3 is 1. The highest BCUT2D eigenvalue weighted by molar-refractivity contribution is 5.74. The third-order valence-electron chi connectivity index (χ3n) is 6.12. The molecule has 0 spiro atoms. The van der Waals surface area contributed by atoms with Crippen LogP contribution in [0.4, 0.5) is 17.6 Å². The van der Waals surface area contributed by atoms with Crippen LogP contribution in [0.15, 0.2) is 66.8 Å². The van der Waals surface area contributed by atoms with Crippen LogP contribution in [-0.4, -0.2) is 7.11 Å². The van der Waals surface area contributed by atoms with Gasteiger partial charge in [0.1, 0.15) is 0 Å². The Morgan fingerprint density at radius 2 is 1.30 bits per heavy atom. The van der Waals surface area contributed by atoms with Gasteiger partial charge in [0.05, 0.1) is 7.11 Å². The van der Waals surface area contributed by atoms with E-state index in [2.05, 4.69) is 6.08 Å². The normalized spacial score (nSPS) is 16.2. The molecule has 0 saturated carbocycles. The summed E-state index contributed by atoms with van der Waals surface area (Å²) < 4.78 is 63.2. The predicted molar refractivity (Wildman–Crippen MR) is 124 cm³/mol. The summed E-state index contributed by atoms with van der Waals surface area (Å²) in [6.45, 7) is 1.98. The van der Waals surface area contributed by atoms with Gasteiger partial charge in [-0.15, -0.1) is 0 Å². The zero-order valence-corrected chi connectivity index (χ0v) is 18.5. The Bertz CT molecular complexity index is 1230. The van der Waals surface area contributed by atoms with Crippen molar-refractivity contribution in [3.8, 4) is 28.0 Å². The summed E-state index contributed by atoms with van der Waals surface area (Å²) in [4.78, 5) is 0. The molecule has 1 aliphatic carbocycles. The number of halogens is 4. The highest BCUT2D eigenvalue weighted by Crippen LogP contribution is 2.36. The van der Waals surface area contributed by atoms with Gasteiger partial charge in [0, 0.05) is 16.7 Å². The van der Waals surface area contributed by atoms with Gasteiger partial charge in [-0.05, 0) is 60.9 Å². The number of hydrogen-bond acceptors (Lipinski definition) is 1. The van der Waals surface area contributed by atoms with Crippen LogP contribution in [0.2, 0.25) is 0 Å². The lowest BCUT2D eigenvalue weighted by atomic mass is 9.85. The van der Waals surface area contributed by atoms with E-state index in [0.717, 1.165) is 18.4 Å². The zero-order chi connectivity index (χ0) is 23.5. The Morgan fingerprint density at radius 3 is 1.85 bits per heavy atom. The lowest BCUT2D eigenvalue weighted by Gasteiger charge is -2.20. The van der Waals surface area contributed by atoms with E-state index >= 15 is 0 Å². The van der Waals surface area contributed by atoms with Crippen LogP contribution >= 0.6 is 0 Å². The SMILES string of the molecule is C/C=C/C1CC=C(c2ccc(-c3ccc(-c4ccc(OC)c(F)c4F)cc3)c(F)c2F)CC1. The molecule has 1 nitrogen and oxygen atoms in total. The van der Waals surface area contributed by atoms with Gasteiger partial charge in [0.2, 0.25) is 5.82 Å². The van der Waals surface area contributed by atoms with E-state index in [1.165, 1.54) is 19.2 Å². The fourth-order valence-electron chi connectivity index (χ4n) is 4.31. The number of rotatable bonds is 5. The summed E-state index contributed by atoms with van der Waals surface area (Å²) in [5.41, 5.74) is 2.16. The highest BCUT2D eigenvalue weighted by Gasteiger charge is 2.21. The molecule has 0 N–H and O–H groups in total. The summed E-state index contributed by atoms with van der Waals surface area (Å²) in [5.74, 6) is -3.63. The smallest absolute Gasteiger partial charge is 0.201 e. The summed E-state index contributed by atoms with van der Waals surface area (Å²) in [6, 6.07) is 12.2. The molecule has 3 aromatic rings. The lowest BCUT2D eigenvalue weighted by molar-refractivity contribution is 0.372. The molecule has 5 heteroatoms. The van der Waals surface area contributed by atoms with Crippen LogP contribution in [0.25, 0.3) is 27.8 Å². The van der Waals surface area contributed by atoms with Gasteiger partial charge in [-0.2, -0.15) is 4.39 Å². The van der Waals surface area contributed by atoms with Crippen molar-refractivity contribution in [2.24, 2.45) is 5.92 Å². The van der Waals surface area contributed by atoms with Crippen molar-refractivity contribution in [3.05, 3.63) is 95.6 Å². The third kappa shape index (κ3) is 4.45. The molecule has 4 rings (SSSR count). The zero-order valence-electron chi connectivity index (χ0n) is 18.5. The molecule has 0 aliphatic heterocycles. The van der Waals surface area contributed by atoms with Crippen molar-refractivity contribution in [1.82, 2.24) is 0 Å². The first-order valence-corrected chi connectivity index (χ1v) is 10.9. The standard InChI is InChI=1S/C28H24F4O/c1-3-4-17-5-7-18(8-6-17)21-13-14-22(26(30)25(21)29)19-9-11-20(12-10-19)23-15-16-24(33-2)28(32)27(23)31/h3-4,7,9-17H,5-6,8H2,1-2H3/b4-3+. The van der Waals surface area contributed by atoms with Gasteiger partial charge >= 0.3 is 0 Å². The molecule has 170 valence electrons. The third-order valence-corrected chi connectivity index (χ3v) is 6.12. The summed E-state index contributed by atoms with van der Waals surface area (Å²) in [5, 5.41) is 0. The maximum atomic E-state index is 15.0. The van der Waals surface area contributed by atoms with Gasteiger partial charge in [-0.1, -0.05) is 54.6 Å². The van der Waals surface area contributed by atoms with Crippen LogP contribution in [0.3, 0.4) is 0 Å². The molecule has 3 aromatic carbocycles. The Labute approximate surface area is 191 Å². The summed E-state index contributed by atoms with van der Waals surface area (Å²) in [7, 11) is 1.26. The quantitative estimate of drug-likeness (QED) is 0.279. The van der Waals surface area contributed by atoms with Crippen molar-refractivity contribution in [3.63, 3.8) is 0 Å². The Kier molecular flexibility index (Phi) is 6.68. The minimum atomic E-state index is -1.07. The molecule has 33 heavy (non-hydrogen) atoms. The van der Waals surface area contributed by atoms with Crippen molar-refractivity contribution in [2.75, 3.05) is 7.11 Å². The van der Waals surface area contributed by atoms with Crippen LogP contribution in [-0.2, 0) is 0 Å². The number of allylic oxidation sites excluding steroid dienone is 4. The van der Waals surface area contributed by atoms with E-state index in [-0.39, 0.29) is 16.9 Å². The predicted octanol–water partition coefficient (Wildman–Crippen LogP) is 8.35. The molecule has 1 unspecified atom stereocenters. The van der Waals surface area contributed by atoms with E-state index in [9.17, 15) is 17.6 Å². The van der Waals surface area contributed by atoms with Crippen LogP contribution in [0.1, 0.15) is 31.7 Å². The largest absolute Gasteiger partial charge is 0.494 e. The molecule has 0 radical (unpaired) electrons. The first kappa shape index (κ1) is 22.8. The van der Waals surface area contributed by atoms with E-state index in [0.29, 0.717) is 29.0 Å². The molecule has 0 saturated heterocycles. The molecule has 0 aromatic heterocycles. The summed E-state index contributed by atoms with van der Waals surface area (Å²) >= 11 is 0. The van der Waals surface area contributed by atoms with Gasteiger partial charge in [0.25, 0.3) is 0 Å². The summed E-state index contributed by atoms with van der Waals surface area (Å²) in [6.07, 6.45) is 8.56. The molecule has 1 atom stereocenters. The molecular formula is C28H24F4O. The van der Waals surface area contributed by atoms with E-state index in [4.69, 9.17) is 4.74 Å². The van der Waals surface area contributed by atoms with E-state index in [1.807, 2.05) is 19.1 Å². The number of ether oxygens (including phenoxy) is 1. The Hall–Kier alpha value is -3.34. The van der Waals surface area contributed by atoms with Gasteiger partial charge in [-0.3, -0.25) is 0 Å². The number of benzene rings is 3. The van der Waals surface area contributed by atoms with Crippen molar-refractivity contribution < 1.29 is 22.3 Å². The molecule has 0 amide bonds. The van der Waals surface area contributed by atoms with Crippen LogP contribution in [0.5, 0.6) is 5.75 Å². The average Bonchev–Trinajstić information content (AvgIpc) is 2.84.